The Balaban J connectivity index is 1.28. The van der Waals surface area contributed by atoms with Crippen molar-refractivity contribution in [1.82, 2.24) is 5.32 Å². The Bertz CT molecular complexity index is 970. The molecule has 0 saturated heterocycles. The Labute approximate surface area is 188 Å². The lowest BCUT2D eigenvalue weighted by Crippen LogP contribution is -2.48. The fraction of sp³-hybridized carbons (Fsp3) is 0.556. The summed E-state index contributed by atoms with van der Waals surface area (Å²) in [6.45, 7) is 3.08. The molecule has 3 aliphatic carbocycles. The first-order chi connectivity index (χ1) is 15.3. The van der Waals surface area contributed by atoms with Crippen molar-refractivity contribution in [3.8, 4) is 5.75 Å². The average molecular weight is 444 g/mol. The number of benzene rings is 2. The van der Waals surface area contributed by atoms with Crippen molar-refractivity contribution < 1.29 is 17.9 Å². The highest BCUT2D eigenvalue weighted by Gasteiger charge is 2.54. The average Bonchev–Trinajstić information content (AvgIpc) is 3.13. The predicted molar refractivity (Wildman–Crippen MR) is 120 cm³/mol. The summed E-state index contributed by atoms with van der Waals surface area (Å²) in [4.78, 5) is 0. The normalized spacial score (nSPS) is 31.5. The van der Waals surface area contributed by atoms with E-state index in [2.05, 4.69) is 30.4 Å². The van der Waals surface area contributed by atoms with E-state index in [1.54, 1.807) is 19.2 Å². The van der Waals surface area contributed by atoms with Crippen molar-refractivity contribution in [2.75, 3.05) is 7.11 Å². The first-order valence-corrected chi connectivity index (χ1v) is 11.9. The summed E-state index contributed by atoms with van der Waals surface area (Å²) >= 11 is 0. The maximum atomic E-state index is 12.8. The van der Waals surface area contributed by atoms with Crippen molar-refractivity contribution in [3.05, 3.63) is 64.7 Å². The Morgan fingerprint density at radius 2 is 1.81 bits per heavy atom. The summed E-state index contributed by atoms with van der Waals surface area (Å²) in [7, 11) is 1.73. The molecule has 2 aromatic rings. The Morgan fingerprint density at radius 1 is 1.03 bits per heavy atom. The van der Waals surface area contributed by atoms with Crippen LogP contribution in [0.3, 0.4) is 0 Å². The molecule has 0 aromatic heterocycles. The Kier molecular flexibility index (Phi) is 5.51. The van der Waals surface area contributed by atoms with Crippen LogP contribution in [0.5, 0.6) is 5.75 Å². The van der Waals surface area contributed by atoms with Crippen LogP contribution in [0.4, 0.5) is 13.2 Å². The maximum absolute atomic E-state index is 12.8. The van der Waals surface area contributed by atoms with Crippen LogP contribution in [-0.2, 0) is 19.1 Å². The topological polar surface area (TPSA) is 21.3 Å². The van der Waals surface area contributed by atoms with Crippen molar-refractivity contribution in [2.24, 2.45) is 17.3 Å². The van der Waals surface area contributed by atoms with Crippen LogP contribution in [0.2, 0.25) is 0 Å². The van der Waals surface area contributed by atoms with Crippen LogP contribution in [-0.4, -0.2) is 13.2 Å². The second-order valence-electron chi connectivity index (χ2n) is 10.2. The van der Waals surface area contributed by atoms with Gasteiger partial charge in [-0.05, 0) is 103 Å². The van der Waals surface area contributed by atoms with Gasteiger partial charge in [0, 0.05) is 12.6 Å². The Hall–Kier alpha value is -2.01. The number of fused-ring (bicyclic) bond motifs is 5. The molecule has 0 amide bonds. The zero-order valence-electron chi connectivity index (χ0n) is 18.8. The quantitative estimate of drug-likeness (QED) is 0.566. The van der Waals surface area contributed by atoms with Crippen molar-refractivity contribution >= 4 is 0 Å². The van der Waals surface area contributed by atoms with Gasteiger partial charge in [0.15, 0.2) is 0 Å². The fourth-order valence-electron chi connectivity index (χ4n) is 7.07. The molecule has 32 heavy (non-hydrogen) atoms. The SMILES string of the molecule is COc1ccc2c(c1)CC[C@@H]1[C@@H]2CC[C@]2(C)[C@@H](NCc3ccc(C(F)(F)F)cc3)CC[C@@H]12. The van der Waals surface area contributed by atoms with Gasteiger partial charge in [0.25, 0.3) is 0 Å². The molecular weight excluding hydrogens is 411 g/mol. The van der Waals surface area contributed by atoms with E-state index in [0.29, 0.717) is 24.4 Å². The van der Waals surface area contributed by atoms with E-state index in [4.69, 9.17) is 4.74 Å². The molecule has 2 saturated carbocycles. The van der Waals surface area contributed by atoms with Gasteiger partial charge in [-0.2, -0.15) is 13.2 Å². The lowest BCUT2D eigenvalue weighted by atomic mass is 9.55. The molecule has 172 valence electrons. The van der Waals surface area contributed by atoms with Gasteiger partial charge >= 0.3 is 6.18 Å². The highest BCUT2D eigenvalue weighted by atomic mass is 19.4. The van der Waals surface area contributed by atoms with E-state index in [9.17, 15) is 13.2 Å². The van der Waals surface area contributed by atoms with E-state index < -0.39 is 11.7 Å². The largest absolute Gasteiger partial charge is 0.497 e. The summed E-state index contributed by atoms with van der Waals surface area (Å²) in [5.41, 5.74) is 3.59. The van der Waals surface area contributed by atoms with Gasteiger partial charge in [-0.1, -0.05) is 25.1 Å². The molecule has 5 heteroatoms. The number of rotatable bonds is 4. The molecule has 5 atom stereocenters. The summed E-state index contributed by atoms with van der Waals surface area (Å²) < 4.78 is 43.9. The second kappa shape index (κ2) is 8.09. The minimum Gasteiger partial charge on any atom is -0.497 e. The smallest absolute Gasteiger partial charge is 0.416 e. The van der Waals surface area contributed by atoms with E-state index in [-0.39, 0.29) is 5.41 Å². The van der Waals surface area contributed by atoms with Gasteiger partial charge in [0.05, 0.1) is 12.7 Å². The van der Waals surface area contributed by atoms with Gasteiger partial charge in [0.1, 0.15) is 5.75 Å². The summed E-state index contributed by atoms with van der Waals surface area (Å²) in [6, 6.07) is 12.6. The molecule has 0 aliphatic heterocycles. The van der Waals surface area contributed by atoms with E-state index >= 15 is 0 Å². The first-order valence-electron chi connectivity index (χ1n) is 11.9. The monoisotopic (exact) mass is 443 g/mol. The zero-order chi connectivity index (χ0) is 22.5. The molecule has 0 spiro atoms. The number of hydrogen-bond donors (Lipinski definition) is 1. The lowest BCUT2D eigenvalue weighted by molar-refractivity contribution is -0.137. The van der Waals surface area contributed by atoms with Crippen LogP contribution in [0.15, 0.2) is 42.5 Å². The van der Waals surface area contributed by atoms with Gasteiger partial charge < -0.3 is 10.1 Å². The van der Waals surface area contributed by atoms with Gasteiger partial charge in [-0.15, -0.1) is 0 Å². The third kappa shape index (κ3) is 3.72. The highest BCUT2D eigenvalue weighted by Crippen LogP contribution is 2.61. The molecule has 0 unspecified atom stereocenters. The zero-order valence-corrected chi connectivity index (χ0v) is 18.8. The predicted octanol–water partition coefficient (Wildman–Crippen LogP) is 6.73. The van der Waals surface area contributed by atoms with Crippen LogP contribution >= 0.6 is 0 Å². The number of ether oxygens (including phenoxy) is 1. The molecule has 2 aromatic carbocycles. The number of halogens is 3. The van der Waals surface area contributed by atoms with Crippen LogP contribution in [0.1, 0.15) is 67.2 Å². The standard InChI is InChI=1S/C27H32F3NO/c1-26-14-13-22-21-10-8-20(32-2)15-18(21)5-9-23(22)24(26)11-12-25(26)31-16-17-3-6-19(7-4-17)27(28,29)30/h3-4,6-8,10,15,22-25,31H,5,9,11-14,16H2,1-2H3/t22-,23-,24+,25+,26+/m1/s1. The van der Waals surface area contributed by atoms with Gasteiger partial charge in [0.2, 0.25) is 0 Å². The number of alkyl halides is 3. The van der Waals surface area contributed by atoms with Crippen molar-refractivity contribution in [3.63, 3.8) is 0 Å². The summed E-state index contributed by atoms with van der Waals surface area (Å²) in [5, 5.41) is 3.73. The third-order valence-corrected chi connectivity index (χ3v) is 8.77. The molecule has 1 N–H and O–H groups in total. The number of hydrogen-bond acceptors (Lipinski definition) is 2. The number of nitrogens with one attached hydrogen (secondary N) is 1. The van der Waals surface area contributed by atoms with Gasteiger partial charge in [-0.25, -0.2) is 0 Å². The summed E-state index contributed by atoms with van der Waals surface area (Å²) in [5.74, 6) is 3.04. The van der Waals surface area contributed by atoms with Crippen molar-refractivity contribution in [2.45, 2.75) is 70.1 Å². The number of methoxy groups -OCH3 is 1. The molecular formula is C27H32F3NO. The maximum Gasteiger partial charge on any atom is 0.416 e. The summed E-state index contributed by atoms with van der Waals surface area (Å²) in [6.07, 6.45) is 2.92. The van der Waals surface area contributed by atoms with E-state index in [1.807, 2.05) is 0 Å². The molecule has 0 bridgehead atoms. The molecule has 0 heterocycles. The third-order valence-electron chi connectivity index (χ3n) is 8.77. The van der Waals surface area contributed by atoms with Crippen LogP contribution in [0.25, 0.3) is 0 Å². The van der Waals surface area contributed by atoms with Crippen molar-refractivity contribution in [1.29, 1.82) is 0 Å². The molecule has 5 rings (SSSR count). The first kappa shape index (κ1) is 21.8. The molecule has 2 fully saturated rings. The second-order valence-corrected chi connectivity index (χ2v) is 10.2. The van der Waals surface area contributed by atoms with Crippen LogP contribution < -0.4 is 10.1 Å². The Morgan fingerprint density at radius 3 is 2.53 bits per heavy atom. The lowest BCUT2D eigenvalue weighted by Gasteiger charge is -2.51. The highest BCUT2D eigenvalue weighted by molar-refractivity contribution is 5.40. The minimum absolute atomic E-state index is 0.261. The number of aryl methyl sites for hydroxylation is 1. The molecule has 0 radical (unpaired) electrons. The molecule has 3 aliphatic rings. The van der Waals surface area contributed by atoms with Gasteiger partial charge in [-0.3, -0.25) is 0 Å². The van der Waals surface area contributed by atoms with E-state index in [1.165, 1.54) is 48.9 Å². The van der Waals surface area contributed by atoms with Crippen LogP contribution in [0, 0.1) is 17.3 Å². The fourth-order valence-corrected chi connectivity index (χ4v) is 7.07. The molecule has 2 nitrogen and oxygen atoms in total. The van der Waals surface area contributed by atoms with E-state index in [0.717, 1.165) is 30.1 Å². The minimum atomic E-state index is -4.28.